The molecule has 4 heteroatoms. The second-order valence-corrected chi connectivity index (χ2v) is 5.45. The SMILES string of the molecule is COc1cc(CNc2cccc(Cl)c2)ccc1OC(C)C. The number of methoxy groups -OCH3 is 1. The molecule has 0 aliphatic carbocycles. The Morgan fingerprint density at radius 2 is 1.90 bits per heavy atom. The molecular formula is C17H20ClNO2. The summed E-state index contributed by atoms with van der Waals surface area (Å²) in [4.78, 5) is 0. The zero-order valence-electron chi connectivity index (χ0n) is 12.5. The smallest absolute Gasteiger partial charge is 0.161 e. The Labute approximate surface area is 130 Å². The zero-order chi connectivity index (χ0) is 15.2. The van der Waals surface area contributed by atoms with Crippen LogP contribution in [0.4, 0.5) is 5.69 Å². The maximum absolute atomic E-state index is 5.97. The van der Waals surface area contributed by atoms with Gasteiger partial charge in [-0.05, 0) is 49.7 Å². The van der Waals surface area contributed by atoms with Gasteiger partial charge in [0.15, 0.2) is 11.5 Å². The topological polar surface area (TPSA) is 30.5 Å². The van der Waals surface area contributed by atoms with E-state index in [0.29, 0.717) is 6.54 Å². The largest absolute Gasteiger partial charge is 0.493 e. The molecule has 0 aromatic heterocycles. The molecule has 112 valence electrons. The van der Waals surface area contributed by atoms with Crippen molar-refractivity contribution in [3.63, 3.8) is 0 Å². The number of halogens is 1. The first kappa shape index (κ1) is 15.5. The molecule has 0 saturated carbocycles. The molecule has 0 aliphatic heterocycles. The summed E-state index contributed by atoms with van der Waals surface area (Å²) in [5, 5.41) is 4.05. The Kier molecular flexibility index (Phi) is 5.34. The van der Waals surface area contributed by atoms with E-state index in [1.165, 1.54) is 0 Å². The van der Waals surface area contributed by atoms with Gasteiger partial charge in [0, 0.05) is 17.3 Å². The van der Waals surface area contributed by atoms with Crippen LogP contribution < -0.4 is 14.8 Å². The lowest BCUT2D eigenvalue weighted by atomic mass is 10.2. The first-order valence-corrected chi connectivity index (χ1v) is 7.29. The number of nitrogens with one attached hydrogen (secondary N) is 1. The summed E-state index contributed by atoms with van der Waals surface area (Å²) >= 11 is 5.97. The summed E-state index contributed by atoms with van der Waals surface area (Å²) in [7, 11) is 1.65. The second-order valence-electron chi connectivity index (χ2n) is 5.02. The molecule has 3 nitrogen and oxygen atoms in total. The van der Waals surface area contributed by atoms with Gasteiger partial charge in [0.1, 0.15) is 0 Å². The summed E-state index contributed by atoms with van der Waals surface area (Å²) in [5.74, 6) is 1.51. The quantitative estimate of drug-likeness (QED) is 0.835. The van der Waals surface area contributed by atoms with Crippen molar-refractivity contribution < 1.29 is 9.47 Å². The predicted molar refractivity (Wildman–Crippen MR) is 87.5 cm³/mol. The molecule has 0 amide bonds. The molecule has 2 aromatic rings. The number of rotatable bonds is 6. The van der Waals surface area contributed by atoms with Crippen LogP contribution in [-0.2, 0) is 6.54 Å². The third-order valence-corrected chi connectivity index (χ3v) is 3.15. The molecule has 0 fully saturated rings. The molecule has 0 unspecified atom stereocenters. The van der Waals surface area contributed by atoms with Gasteiger partial charge < -0.3 is 14.8 Å². The van der Waals surface area contributed by atoms with Crippen LogP contribution in [0.25, 0.3) is 0 Å². The molecule has 21 heavy (non-hydrogen) atoms. The minimum atomic E-state index is 0.120. The minimum Gasteiger partial charge on any atom is -0.493 e. The lowest BCUT2D eigenvalue weighted by molar-refractivity contribution is 0.230. The van der Waals surface area contributed by atoms with Gasteiger partial charge in [-0.25, -0.2) is 0 Å². The number of benzene rings is 2. The molecule has 2 rings (SSSR count). The van der Waals surface area contributed by atoms with Crippen LogP contribution in [0.3, 0.4) is 0 Å². The summed E-state index contributed by atoms with van der Waals surface area (Å²) < 4.78 is 11.1. The second kappa shape index (κ2) is 7.23. The fraction of sp³-hybridized carbons (Fsp3) is 0.294. The van der Waals surface area contributed by atoms with E-state index in [1.54, 1.807) is 7.11 Å². The van der Waals surface area contributed by atoms with Crippen LogP contribution in [0, 0.1) is 0 Å². The van der Waals surface area contributed by atoms with Gasteiger partial charge in [0.05, 0.1) is 13.2 Å². The van der Waals surface area contributed by atoms with E-state index in [0.717, 1.165) is 27.8 Å². The lowest BCUT2D eigenvalue weighted by Crippen LogP contribution is -2.07. The standard InChI is InChI=1S/C17H20ClNO2/c1-12(2)21-16-8-7-13(9-17(16)20-3)11-19-15-6-4-5-14(18)10-15/h4-10,12,19H,11H2,1-3H3. The predicted octanol–water partition coefficient (Wildman–Crippen LogP) is 4.75. The number of ether oxygens (including phenoxy) is 2. The van der Waals surface area contributed by atoms with Gasteiger partial charge in [0.25, 0.3) is 0 Å². The molecule has 0 saturated heterocycles. The van der Waals surface area contributed by atoms with E-state index in [4.69, 9.17) is 21.1 Å². The minimum absolute atomic E-state index is 0.120. The van der Waals surface area contributed by atoms with Crippen molar-refractivity contribution >= 4 is 17.3 Å². The van der Waals surface area contributed by atoms with Crippen molar-refractivity contribution in [3.8, 4) is 11.5 Å². The molecule has 0 radical (unpaired) electrons. The Balaban J connectivity index is 2.07. The molecule has 1 N–H and O–H groups in total. The summed E-state index contributed by atoms with van der Waals surface area (Å²) in [6.45, 7) is 4.68. The van der Waals surface area contributed by atoms with Crippen LogP contribution in [0.5, 0.6) is 11.5 Å². The highest BCUT2D eigenvalue weighted by Crippen LogP contribution is 2.29. The summed E-state index contributed by atoms with van der Waals surface area (Å²) in [5.41, 5.74) is 2.10. The van der Waals surface area contributed by atoms with Crippen molar-refractivity contribution in [1.82, 2.24) is 0 Å². The first-order valence-electron chi connectivity index (χ1n) is 6.91. The molecule has 0 aliphatic rings. The third-order valence-electron chi connectivity index (χ3n) is 2.91. The van der Waals surface area contributed by atoms with Gasteiger partial charge >= 0.3 is 0 Å². The highest BCUT2D eigenvalue weighted by molar-refractivity contribution is 6.30. The zero-order valence-corrected chi connectivity index (χ0v) is 13.3. The van der Waals surface area contributed by atoms with Gasteiger partial charge in [-0.1, -0.05) is 23.7 Å². The van der Waals surface area contributed by atoms with Crippen molar-refractivity contribution in [2.45, 2.75) is 26.5 Å². The number of anilines is 1. The van der Waals surface area contributed by atoms with E-state index in [9.17, 15) is 0 Å². The molecule has 2 aromatic carbocycles. The van der Waals surface area contributed by atoms with Crippen molar-refractivity contribution in [2.24, 2.45) is 0 Å². The average molecular weight is 306 g/mol. The van der Waals surface area contributed by atoms with E-state index in [1.807, 2.05) is 56.3 Å². The monoisotopic (exact) mass is 305 g/mol. The summed E-state index contributed by atoms with van der Waals surface area (Å²) in [6.07, 6.45) is 0.120. The maximum Gasteiger partial charge on any atom is 0.161 e. The van der Waals surface area contributed by atoms with Gasteiger partial charge in [-0.3, -0.25) is 0 Å². The molecule has 0 bridgehead atoms. The van der Waals surface area contributed by atoms with Crippen molar-refractivity contribution in [2.75, 3.05) is 12.4 Å². The van der Waals surface area contributed by atoms with Gasteiger partial charge in [-0.2, -0.15) is 0 Å². The van der Waals surface area contributed by atoms with Crippen molar-refractivity contribution in [1.29, 1.82) is 0 Å². The molecule has 0 heterocycles. The normalized spacial score (nSPS) is 10.5. The Hall–Kier alpha value is -1.87. The Morgan fingerprint density at radius 3 is 2.57 bits per heavy atom. The average Bonchev–Trinajstić information content (AvgIpc) is 2.45. The van der Waals surface area contributed by atoms with E-state index >= 15 is 0 Å². The van der Waals surface area contributed by atoms with Gasteiger partial charge in [-0.15, -0.1) is 0 Å². The fourth-order valence-corrected chi connectivity index (χ4v) is 2.17. The Bertz CT molecular complexity index is 599. The van der Waals surface area contributed by atoms with E-state index < -0.39 is 0 Å². The van der Waals surface area contributed by atoms with Crippen LogP contribution in [0.2, 0.25) is 5.02 Å². The third kappa shape index (κ3) is 4.57. The lowest BCUT2D eigenvalue weighted by Gasteiger charge is -2.15. The van der Waals surface area contributed by atoms with Crippen molar-refractivity contribution in [3.05, 3.63) is 53.1 Å². The molecular weight excluding hydrogens is 286 g/mol. The van der Waals surface area contributed by atoms with Crippen LogP contribution in [0.15, 0.2) is 42.5 Å². The maximum atomic E-state index is 5.97. The molecule has 0 atom stereocenters. The fourth-order valence-electron chi connectivity index (χ4n) is 1.98. The first-order chi connectivity index (χ1) is 10.1. The molecule has 0 spiro atoms. The number of hydrogen-bond donors (Lipinski definition) is 1. The summed E-state index contributed by atoms with van der Waals surface area (Å²) in [6, 6.07) is 13.6. The highest BCUT2D eigenvalue weighted by Gasteiger charge is 2.07. The Morgan fingerprint density at radius 1 is 1.10 bits per heavy atom. The van der Waals surface area contributed by atoms with E-state index in [-0.39, 0.29) is 6.10 Å². The van der Waals surface area contributed by atoms with Crippen LogP contribution in [0.1, 0.15) is 19.4 Å². The number of hydrogen-bond acceptors (Lipinski definition) is 3. The van der Waals surface area contributed by atoms with Gasteiger partial charge in [0.2, 0.25) is 0 Å². The van der Waals surface area contributed by atoms with Crippen LogP contribution >= 0.6 is 11.6 Å². The highest BCUT2D eigenvalue weighted by atomic mass is 35.5. The van der Waals surface area contributed by atoms with E-state index in [2.05, 4.69) is 5.32 Å². The van der Waals surface area contributed by atoms with Crippen LogP contribution in [-0.4, -0.2) is 13.2 Å².